The Morgan fingerprint density at radius 1 is 1.43 bits per heavy atom. The molecule has 0 saturated carbocycles. The van der Waals surface area contributed by atoms with Gasteiger partial charge in [0.15, 0.2) is 0 Å². The number of amides is 1. The Kier molecular flexibility index (Phi) is 5.62. The Bertz CT molecular complexity index is 475. The van der Waals surface area contributed by atoms with E-state index in [0.29, 0.717) is 12.5 Å². The molecule has 2 rings (SSSR count). The van der Waals surface area contributed by atoms with Gasteiger partial charge in [0.2, 0.25) is 5.91 Å². The van der Waals surface area contributed by atoms with Gasteiger partial charge in [-0.3, -0.25) is 4.79 Å². The minimum atomic E-state index is 0.0960. The van der Waals surface area contributed by atoms with Crippen LogP contribution in [0.2, 0.25) is 0 Å². The Labute approximate surface area is 128 Å². The summed E-state index contributed by atoms with van der Waals surface area (Å²) < 4.78 is 0. The molecule has 0 bridgehead atoms. The Balaban J connectivity index is 1.94. The minimum Gasteiger partial charge on any atom is -0.384 e. The zero-order chi connectivity index (χ0) is 15.2. The van der Waals surface area contributed by atoms with Crippen LogP contribution in [-0.4, -0.2) is 49.4 Å². The summed E-state index contributed by atoms with van der Waals surface area (Å²) in [7, 11) is 4.04. The number of hydrogen-bond acceptors (Lipinski definition) is 3. The molecule has 1 aromatic carbocycles. The highest BCUT2D eigenvalue weighted by molar-refractivity contribution is 5.73. The van der Waals surface area contributed by atoms with E-state index in [1.807, 2.05) is 19.2 Å². The monoisotopic (exact) mass is 289 g/mol. The molecule has 1 aliphatic rings. The maximum absolute atomic E-state index is 11.4. The predicted octanol–water partition coefficient (Wildman–Crippen LogP) is 2.42. The molecule has 0 aliphatic carbocycles. The number of nitrogens with zero attached hydrogens (tertiary/aromatic N) is 2. The van der Waals surface area contributed by atoms with Crippen molar-refractivity contribution in [2.24, 2.45) is 5.92 Å². The lowest BCUT2D eigenvalue weighted by atomic mass is 9.98. The standard InChI is InChI=1S/C17H27N3O/c1-14(21)20(3)13-16-8-4-5-9-17(16)18-11-15-7-6-10-19(2)12-15/h4-5,8-9,15,18H,6-7,10-13H2,1-3H3. The number of nitrogens with one attached hydrogen (secondary N) is 1. The summed E-state index contributed by atoms with van der Waals surface area (Å²) in [5.41, 5.74) is 2.33. The molecule has 0 aromatic heterocycles. The van der Waals surface area contributed by atoms with E-state index in [1.54, 1.807) is 11.8 Å². The highest BCUT2D eigenvalue weighted by Crippen LogP contribution is 2.20. The first-order valence-corrected chi connectivity index (χ1v) is 7.78. The van der Waals surface area contributed by atoms with Crippen LogP contribution in [0.25, 0.3) is 0 Å². The van der Waals surface area contributed by atoms with E-state index < -0.39 is 0 Å². The van der Waals surface area contributed by atoms with E-state index in [9.17, 15) is 4.79 Å². The van der Waals surface area contributed by atoms with E-state index in [0.717, 1.165) is 12.2 Å². The van der Waals surface area contributed by atoms with Crippen molar-refractivity contribution >= 4 is 11.6 Å². The quantitative estimate of drug-likeness (QED) is 0.904. The van der Waals surface area contributed by atoms with E-state index in [4.69, 9.17) is 0 Å². The molecule has 4 heteroatoms. The van der Waals surface area contributed by atoms with E-state index in [1.165, 1.54) is 31.5 Å². The first-order valence-electron chi connectivity index (χ1n) is 7.78. The normalized spacial score (nSPS) is 19.3. The maximum atomic E-state index is 11.4. The lowest BCUT2D eigenvalue weighted by Crippen LogP contribution is -2.35. The van der Waals surface area contributed by atoms with Gasteiger partial charge in [-0.25, -0.2) is 0 Å². The van der Waals surface area contributed by atoms with Crippen molar-refractivity contribution in [3.05, 3.63) is 29.8 Å². The zero-order valence-corrected chi connectivity index (χ0v) is 13.4. The fraction of sp³-hybridized carbons (Fsp3) is 0.588. The largest absolute Gasteiger partial charge is 0.384 e. The van der Waals surface area contributed by atoms with Crippen LogP contribution < -0.4 is 5.32 Å². The summed E-state index contributed by atoms with van der Waals surface area (Å²) >= 11 is 0. The fourth-order valence-corrected chi connectivity index (χ4v) is 2.89. The van der Waals surface area contributed by atoms with Crippen LogP contribution in [-0.2, 0) is 11.3 Å². The zero-order valence-electron chi connectivity index (χ0n) is 13.4. The summed E-state index contributed by atoms with van der Waals surface area (Å²) in [6.45, 7) is 5.65. The minimum absolute atomic E-state index is 0.0960. The fourth-order valence-electron chi connectivity index (χ4n) is 2.89. The average Bonchev–Trinajstić information content (AvgIpc) is 2.46. The molecule has 1 aliphatic heterocycles. The summed E-state index contributed by atoms with van der Waals surface area (Å²) in [6.07, 6.45) is 2.59. The molecular weight excluding hydrogens is 262 g/mol. The molecule has 1 fully saturated rings. The number of carbonyl (C=O) groups excluding carboxylic acids is 1. The molecule has 1 saturated heterocycles. The number of carbonyl (C=O) groups is 1. The van der Waals surface area contributed by atoms with Crippen molar-refractivity contribution < 1.29 is 4.79 Å². The lowest BCUT2D eigenvalue weighted by Gasteiger charge is -2.30. The van der Waals surface area contributed by atoms with Crippen LogP contribution in [0.1, 0.15) is 25.3 Å². The smallest absolute Gasteiger partial charge is 0.219 e. The van der Waals surface area contributed by atoms with Gasteiger partial charge in [0.25, 0.3) is 0 Å². The molecule has 1 aromatic rings. The molecule has 1 atom stereocenters. The van der Waals surface area contributed by atoms with Gasteiger partial charge in [-0.2, -0.15) is 0 Å². The van der Waals surface area contributed by atoms with E-state index >= 15 is 0 Å². The van der Waals surface area contributed by atoms with Crippen molar-refractivity contribution in [1.29, 1.82) is 0 Å². The molecule has 0 radical (unpaired) electrons. The molecule has 1 heterocycles. The Morgan fingerprint density at radius 2 is 2.19 bits per heavy atom. The highest BCUT2D eigenvalue weighted by Gasteiger charge is 2.17. The first kappa shape index (κ1) is 15.8. The van der Waals surface area contributed by atoms with Gasteiger partial charge < -0.3 is 15.1 Å². The molecule has 1 unspecified atom stereocenters. The van der Waals surface area contributed by atoms with Crippen LogP contribution in [0.4, 0.5) is 5.69 Å². The van der Waals surface area contributed by atoms with Gasteiger partial charge in [-0.05, 0) is 44.0 Å². The van der Waals surface area contributed by atoms with Crippen molar-refractivity contribution in [3.8, 4) is 0 Å². The van der Waals surface area contributed by atoms with E-state index in [-0.39, 0.29) is 5.91 Å². The molecule has 1 N–H and O–H groups in total. The number of rotatable bonds is 5. The van der Waals surface area contributed by atoms with Crippen LogP contribution >= 0.6 is 0 Å². The third-order valence-corrected chi connectivity index (χ3v) is 4.27. The summed E-state index contributed by atoms with van der Waals surface area (Å²) in [5.74, 6) is 0.807. The second-order valence-corrected chi connectivity index (χ2v) is 6.18. The highest BCUT2D eigenvalue weighted by atomic mass is 16.2. The van der Waals surface area contributed by atoms with Crippen LogP contribution in [0.15, 0.2) is 24.3 Å². The first-order chi connectivity index (χ1) is 10.1. The average molecular weight is 289 g/mol. The number of anilines is 1. The number of likely N-dealkylation sites (tertiary alicyclic amines) is 1. The second-order valence-electron chi connectivity index (χ2n) is 6.18. The van der Waals surface area contributed by atoms with Gasteiger partial charge >= 0.3 is 0 Å². The van der Waals surface area contributed by atoms with E-state index in [2.05, 4.69) is 29.4 Å². The maximum Gasteiger partial charge on any atom is 0.219 e. The molecule has 116 valence electrons. The van der Waals surface area contributed by atoms with Gasteiger partial charge in [0.1, 0.15) is 0 Å². The lowest BCUT2D eigenvalue weighted by molar-refractivity contribution is -0.128. The summed E-state index contributed by atoms with van der Waals surface area (Å²) in [5, 5.41) is 3.58. The van der Waals surface area contributed by atoms with Crippen molar-refractivity contribution in [2.45, 2.75) is 26.3 Å². The topological polar surface area (TPSA) is 35.6 Å². The van der Waals surface area contributed by atoms with Gasteiger partial charge in [-0.15, -0.1) is 0 Å². The SMILES string of the molecule is CC(=O)N(C)Cc1ccccc1NCC1CCCN(C)C1. The van der Waals surface area contributed by atoms with Crippen LogP contribution in [0.5, 0.6) is 0 Å². The Hall–Kier alpha value is -1.55. The molecular formula is C17H27N3O. The number of para-hydroxylation sites is 1. The van der Waals surface area contributed by atoms with Gasteiger partial charge in [-0.1, -0.05) is 18.2 Å². The number of piperidine rings is 1. The molecule has 21 heavy (non-hydrogen) atoms. The second kappa shape index (κ2) is 7.46. The van der Waals surface area contributed by atoms with Crippen molar-refractivity contribution in [3.63, 3.8) is 0 Å². The van der Waals surface area contributed by atoms with Crippen molar-refractivity contribution in [1.82, 2.24) is 9.80 Å². The Morgan fingerprint density at radius 3 is 2.90 bits per heavy atom. The molecule has 1 amide bonds. The van der Waals surface area contributed by atoms with Crippen molar-refractivity contribution in [2.75, 3.05) is 39.0 Å². The number of benzene rings is 1. The molecule has 4 nitrogen and oxygen atoms in total. The third-order valence-electron chi connectivity index (χ3n) is 4.27. The summed E-state index contributed by atoms with van der Waals surface area (Å²) in [4.78, 5) is 15.6. The predicted molar refractivity (Wildman–Crippen MR) is 87.3 cm³/mol. The van der Waals surface area contributed by atoms with Gasteiger partial charge in [0.05, 0.1) is 0 Å². The van der Waals surface area contributed by atoms with Crippen LogP contribution in [0, 0.1) is 5.92 Å². The summed E-state index contributed by atoms with van der Waals surface area (Å²) in [6, 6.07) is 8.28. The third kappa shape index (κ3) is 4.74. The van der Waals surface area contributed by atoms with Crippen LogP contribution in [0.3, 0.4) is 0 Å². The number of hydrogen-bond donors (Lipinski definition) is 1. The van der Waals surface area contributed by atoms with Gasteiger partial charge in [0, 0.05) is 39.3 Å². The molecule has 0 spiro atoms.